The Bertz CT molecular complexity index is 405. The van der Waals surface area contributed by atoms with E-state index in [0.29, 0.717) is 5.92 Å². The summed E-state index contributed by atoms with van der Waals surface area (Å²) in [4.78, 5) is 0. The standard InChI is InChI=1S/C14H18N2O/c1-17-14-7-3-2-6-12(14)13(9-15)11-5-4-8-16-10-11/h2-3,6-7,11,13,16H,4-5,8,10H2,1H3. The third kappa shape index (κ3) is 2.59. The number of ether oxygens (including phenoxy) is 1. The van der Waals surface area contributed by atoms with Crippen LogP contribution in [0.15, 0.2) is 24.3 Å². The number of methoxy groups -OCH3 is 1. The second-order valence-electron chi connectivity index (χ2n) is 4.46. The van der Waals surface area contributed by atoms with E-state index in [0.717, 1.165) is 37.2 Å². The molecule has 2 unspecified atom stereocenters. The molecule has 3 heteroatoms. The summed E-state index contributed by atoms with van der Waals surface area (Å²) in [5.74, 6) is 1.15. The van der Waals surface area contributed by atoms with E-state index in [1.165, 1.54) is 0 Å². The number of nitrogens with one attached hydrogen (secondary N) is 1. The van der Waals surface area contributed by atoms with Crippen molar-refractivity contribution in [1.29, 1.82) is 5.26 Å². The van der Waals surface area contributed by atoms with E-state index in [9.17, 15) is 5.26 Å². The van der Waals surface area contributed by atoms with Crippen molar-refractivity contribution < 1.29 is 4.74 Å². The summed E-state index contributed by atoms with van der Waals surface area (Å²) < 4.78 is 5.35. The van der Waals surface area contributed by atoms with Gasteiger partial charge in [0.25, 0.3) is 0 Å². The summed E-state index contributed by atoms with van der Waals surface area (Å²) in [7, 11) is 1.66. The molecule has 90 valence electrons. The summed E-state index contributed by atoms with van der Waals surface area (Å²) in [5, 5.41) is 12.8. The Morgan fingerprint density at radius 1 is 1.47 bits per heavy atom. The molecule has 3 nitrogen and oxygen atoms in total. The highest BCUT2D eigenvalue weighted by Crippen LogP contribution is 2.34. The molecule has 1 aromatic carbocycles. The first-order valence-electron chi connectivity index (χ1n) is 6.10. The van der Waals surface area contributed by atoms with Gasteiger partial charge in [-0.05, 0) is 37.9 Å². The van der Waals surface area contributed by atoms with E-state index in [2.05, 4.69) is 11.4 Å². The summed E-state index contributed by atoms with van der Waals surface area (Å²) in [5.41, 5.74) is 1.02. The fraction of sp³-hybridized carbons (Fsp3) is 0.500. The van der Waals surface area contributed by atoms with Crippen LogP contribution >= 0.6 is 0 Å². The molecule has 1 fully saturated rings. The van der Waals surface area contributed by atoms with Crippen LogP contribution in [0.4, 0.5) is 0 Å². The van der Waals surface area contributed by atoms with Crippen molar-refractivity contribution in [3.8, 4) is 11.8 Å². The third-order valence-electron chi connectivity index (χ3n) is 3.42. The molecule has 1 aliphatic heterocycles. The second-order valence-corrected chi connectivity index (χ2v) is 4.46. The first kappa shape index (κ1) is 11.9. The molecule has 1 aliphatic rings. The highest BCUT2D eigenvalue weighted by atomic mass is 16.5. The molecular weight excluding hydrogens is 212 g/mol. The summed E-state index contributed by atoms with van der Waals surface area (Å²) >= 11 is 0. The number of nitrogens with zero attached hydrogens (tertiary/aromatic N) is 1. The predicted molar refractivity (Wildman–Crippen MR) is 66.9 cm³/mol. The van der Waals surface area contributed by atoms with Crippen molar-refractivity contribution in [1.82, 2.24) is 5.32 Å². The Morgan fingerprint density at radius 3 is 2.94 bits per heavy atom. The van der Waals surface area contributed by atoms with Crippen molar-refractivity contribution in [3.63, 3.8) is 0 Å². The zero-order chi connectivity index (χ0) is 12.1. The first-order chi connectivity index (χ1) is 8.36. The van der Waals surface area contributed by atoms with Crippen molar-refractivity contribution in [3.05, 3.63) is 29.8 Å². The van der Waals surface area contributed by atoms with Crippen LogP contribution in [-0.4, -0.2) is 20.2 Å². The van der Waals surface area contributed by atoms with Gasteiger partial charge in [0.05, 0.1) is 19.1 Å². The number of hydrogen-bond acceptors (Lipinski definition) is 3. The normalized spacial score (nSPS) is 21.5. The molecule has 1 N–H and O–H groups in total. The van der Waals surface area contributed by atoms with Gasteiger partial charge < -0.3 is 10.1 Å². The van der Waals surface area contributed by atoms with Crippen LogP contribution in [0.3, 0.4) is 0 Å². The van der Waals surface area contributed by atoms with Crippen LogP contribution in [0.25, 0.3) is 0 Å². The number of para-hydroxylation sites is 1. The molecule has 1 aromatic rings. The quantitative estimate of drug-likeness (QED) is 0.866. The minimum atomic E-state index is -0.0704. The highest BCUT2D eigenvalue weighted by Gasteiger charge is 2.26. The number of nitriles is 1. The lowest BCUT2D eigenvalue weighted by molar-refractivity contribution is 0.344. The van der Waals surface area contributed by atoms with Gasteiger partial charge >= 0.3 is 0 Å². The van der Waals surface area contributed by atoms with Gasteiger partial charge in [-0.2, -0.15) is 5.26 Å². The smallest absolute Gasteiger partial charge is 0.123 e. The van der Waals surface area contributed by atoms with Gasteiger partial charge in [-0.15, -0.1) is 0 Å². The van der Waals surface area contributed by atoms with Crippen LogP contribution in [-0.2, 0) is 0 Å². The van der Waals surface area contributed by atoms with E-state index < -0.39 is 0 Å². The van der Waals surface area contributed by atoms with Gasteiger partial charge in [0.1, 0.15) is 5.75 Å². The molecule has 2 rings (SSSR count). The molecular formula is C14H18N2O. The van der Waals surface area contributed by atoms with Crippen molar-refractivity contribution in [2.75, 3.05) is 20.2 Å². The number of hydrogen-bond donors (Lipinski definition) is 1. The average molecular weight is 230 g/mol. The van der Waals surface area contributed by atoms with Crippen molar-refractivity contribution in [2.45, 2.75) is 18.8 Å². The lowest BCUT2D eigenvalue weighted by Gasteiger charge is -2.27. The highest BCUT2D eigenvalue weighted by molar-refractivity contribution is 5.39. The van der Waals surface area contributed by atoms with Gasteiger partial charge in [-0.3, -0.25) is 0 Å². The van der Waals surface area contributed by atoms with Gasteiger partial charge in [-0.25, -0.2) is 0 Å². The third-order valence-corrected chi connectivity index (χ3v) is 3.42. The van der Waals surface area contributed by atoms with Crippen LogP contribution in [0.5, 0.6) is 5.75 Å². The molecule has 1 heterocycles. The predicted octanol–water partition coefficient (Wildman–Crippen LogP) is 2.30. The monoisotopic (exact) mass is 230 g/mol. The molecule has 0 saturated carbocycles. The van der Waals surface area contributed by atoms with E-state index in [4.69, 9.17) is 4.74 Å². The zero-order valence-corrected chi connectivity index (χ0v) is 10.1. The molecule has 0 radical (unpaired) electrons. The van der Waals surface area contributed by atoms with Crippen molar-refractivity contribution in [2.24, 2.45) is 5.92 Å². The lowest BCUT2D eigenvalue weighted by Crippen LogP contribution is -2.33. The largest absolute Gasteiger partial charge is 0.496 e. The van der Waals surface area contributed by atoms with E-state index in [1.54, 1.807) is 7.11 Å². The topological polar surface area (TPSA) is 45.0 Å². The van der Waals surface area contributed by atoms with Crippen molar-refractivity contribution >= 4 is 0 Å². The lowest BCUT2D eigenvalue weighted by atomic mass is 9.82. The molecule has 0 bridgehead atoms. The number of benzene rings is 1. The molecule has 0 aliphatic carbocycles. The van der Waals surface area contributed by atoms with E-state index in [-0.39, 0.29) is 5.92 Å². The van der Waals surface area contributed by atoms with Gasteiger partial charge in [0.15, 0.2) is 0 Å². The Morgan fingerprint density at radius 2 is 2.29 bits per heavy atom. The fourth-order valence-corrected chi connectivity index (χ4v) is 2.52. The van der Waals surface area contributed by atoms with Crippen LogP contribution in [0.1, 0.15) is 24.3 Å². The minimum Gasteiger partial charge on any atom is -0.496 e. The molecule has 0 spiro atoms. The van der Waals surface area contributed by atoms with Gasteiger partial charge in [0, 0.05) is 5.56 Å². The molecule has 17 heavy (non-hydrogen) atoms. The zero-order valence-electron chi connectivity index (χ0n) is 10.1. The molecule has 1 saturated heterocycles. The average Bonchev–Trinajstić information content (AvgIpc) is 2.41. The molecule has 0 aromatic heterocycles. The van der Waals surface area contributed by atoms with E-state index >= 15 is 0 Å². The van der Waals surface area contributed by atoms with Crippen LogP contribution < -0.4 is 10.1 Å². The number of piperidine rings is 1. The SMILES string of the molecule is COc1ccccc1C(C#N)C1CCCNC1. The maximum atomic E-state index is 9.42. The molecule has 0 amide bonds. The van der Waals surface area contributed by atoms with Gasteiger partial charge in [0.2, 0.25) is 0 Å². The summed E-state index contributed by atoms with van der Waals surface area (Å²) in [6.07, 6.45) is 2.27. The molecule has 2 atom stereocenters. The Balaban J connectivity index is 2.25. The minimum absolute atomic E-state index is 0.0704. The first-order valence-corrected chi connectivity index (χ1v) is 6.10. The summed E-state index contributed by atoms with van der Waals surface area (Å²) in [6.45, 7) is 2.00. The maximum absolute atomic E-state index is 9.42. The van der Waals surface area contributed by atoms with Crippen LogP contribution in [0.2, 0.25) is 0 Å². The van der Waals surface area contributed by atoms with E-state index in [1.807, 2.05) is 24.3 Å². The Labute approximate surface area is 102 Å². The number of rotatable bonds is 3. The maximum Gasteiger partial charge on any atom is 0.123 e. The Kier molecular flexibility index (Phi) is 4.00. The van der Waals surface area contributed by atoms with Crippen LogP contribution in [0, 0.1) is 17.2 Å². The second kappa shape index (κ2) is 5.70. The Hall–Kier alpha value is -1.53. The van der Waals surface area contributed by atoms with Gasteiger partial charge in [-0.1, -0.05) is 18.2 Å². The summed E-state index contributed by atoms with van der Waals surface area (Å²) in [6, 6.07) is 10.3. The fourth-order valence-electron chi connectivity index (χ4n) is 2.52.